The van der Waals surface area contributed by atoms with Crippen molar-refractivity contribution in [2.75, 3.05) is 25.4 Å². The van der Waals surface area contributed by atoms with Crippen LogP contribution in [0.15, 0.2) is 0 Å². The fourth-order valence-electron chi connectivity index (χ4n) is 2.81. The van der Waals surface area contributed by atoms with Gasteiger partial charge in [-0.15, -0.1) is 0 Å². The van der Waals surface area contributed by atoms with Crippen LogP contribution in [0.3, 0.4) is 0 Å². The molecule has 1 aliphatic rings. The molecule has 4 nitrogen and oxygen atoms in total. The van der Waals surface area contributed by atoms with Crippen LogP contribution in [-0.2, 0) is 9.84 Å². The van der Waals surface area contributed by atoms with Gasteiger partial charge in [0.05, 0.1) is 11.0 Å². The van der Waals surface area contributed by atoms with Crippen LogP contribution in [0.4, 0.5) is 0 Å². The van der Waals surface area contributed by atoms with Crippen LogP contribution in [0.1, 0.15) is 54.4 Å². The maximum absolute atomic E-state index is 12.1. The molecule has 1 rings (SSSR count). The Labute approximate surface area is 131 Å². The first-order valence-corrected chi connectivity index (χ1v) is 9.98. The van der Waals surface area contributed by atoms with E-state index in [0.29, 0.717) is 18.6 Å². The highest BCUT2D eigenvalue weighted by Gasteiger charge is 2.34. The van der Waals surface area contributed by atoms with E-state index in [1.807, 2.05) is 0 Å². The zero-order valence-electron chi connectivity index (χ0n) is 14.6. The molecule has 1 aliphatic heterocycles. The molecule has 0 aromatic rings. The van der Waals surface area contributed by atoms with Gasteiger partial charge in [0.2, 0.25) is 0 Å². The lowest BCUT2D eigenvalue weighted by molar-refractivity contribution is 0.0862. The van der Waals surface area contributed by atoms with E-state index in [2.05, 4.69) is 37.9 Å². The quantitative estimate of drug-likeness (QED) is 0.816. The predicted octanol–water partition coefficient (Wildman–Crippen LogP) is 2.30. The summed E-state index contributed by atoms with van der Waals surface area (Å²) in [6.45, 7) is 15.1. The van der Waals surface area contributed by atoms with Crippen molar-refractivity contribution in [1.29, 1.82) is 0 Å². The van der Waals surface area contributed by atoms with E-state index in [1.54, 1.807) is 13.8 Å². The topological polar surface area (TPSA) is 49.4 Å². The largest absolute Gasteiger partial charge is 0.311 e. The van der Waals surface area contributed by atoms with E-state index < -0.39 is 9.84 Å². The normalized spacial score (nSPS) is 25.5. The molecule has 126 valence electrons. The third-order valence-corrected chi connectivity index (χ3v) is 6.77. The van der Waals surface area contributed by atoms with Gasteiger partial charge in [-0.2, -0.15) is 0 Å². The van der Waals surface area contributed by atoms with Gasteiger partial charge < -0.3 is 5.32 Å². The van der Waals surface area contributed by atoms with Gasteiger partial charge in [-0.25, -0.2) is 8.42 Å². The van der Waals surface area contributed by atoms with Crippen molar-refractivity contribution < 1.29 is 8.42 Å². The summed E-state index contributed by atoms with van der Waals surface area (Å²) in [5.74, 6) is 0.280. The smallest absolute Gasteiger partial charge is 0.153 e. The number of nitrogens with one attached hydrogen (secondary N) is 1. The van der Waals surface area contributed by atoms with Crippen LogP contribution in [-0.4, -0.2) is 56.0 Å². The molecule has 1 saturated heterocycles. The molecular weight excluding hydrogens is 284 g/mol. The number of piperazine rings is 1. The highest BCUT2D eigenvalue weighted by Crippen LogP contribution is 2.24. The van der Waals surface area contributed by atoms with E-state index in [4.69, 9.17) is 0 Å². The second-order valence-electron chi connectivity index (χ2n) is 7.68. The van der Waals surface area contributed by atoms with Crippen molar-refractivity contribution in [2.45, 2.75) is 71.7 Å². The Balaban J connectivity index is 2.72. The molecule has 0 saturated carbocycles. The first kappa shape index (κ1) is 18.9. The van der Waals surface area contributed by atoms with E-state index in [0.717, 1.165) is 25.9 Å². The SMILES string of the molecule is CCCC1CNC(C(C)(C)C)CN1CCS(=O)(=O)C(C)C. The summed E-state index contributed by atoms with van der Waals surface area (Å²) >= 11 is 0. The number of rotatable bonds is 6. The summed E-state index contributed by atoms with van der Waals surface area (Å²) in [5, 5.41) is 3.38. The molecule has 0 aromatic heterocycles. The minimum atomic E-state index is -2.95. The summed E-state index contributed by atoms with van der Waals surface area (Å²) in [5.41, 5.74) is 0.201. The van der Waals surface area contributed by atoms with Crippen LogP contribution in [0.5, 0.6) is 0 Å². The Morgan fingerprint density at radius 1 is 1.29 bits per heavy atom. The van der Waals surface area contributed by atoms with Crippen molar-refractivity contribution in [3.05, 3.63) is 0 Å². The molecule has 5 heteroatoms. The zero-order valence-corrected chi connectivity index (χ0v) is 15.5. The minimum Gasteiger partial charge on any atom is -0.311 e. The third kappa shape index (κ3) is 5.53. The van der Waals surface area contributed by atoms with Gasteiger partial charge in [0, 0.05) is 31.7 Å². The monoisotopic (exact) mass is 318 g/mol. The standard InChI is InChI=1S/C16H34N2O2S/c1-7-8-14-11-17-15(16(4,5)6)12-18(14)9-10-21(19,20)13(2)3/h13-15,17H,7-12H2,1-6H3. The summed E-state index contributed by atoms with van der Waals surface area (Å²) in [6, 6.07) is 0.892. The van der Waals surface area contributed by atoms with Crippen LogP contribution < -0.4 is 5.32 Å². The molecule has 1 heterocycles. The average Bonchev–Trinajstić information content (AvgIpc) is 2.36. The Morgan fingerprint density at radius 2 is 1.90 bits per heavy atom. The highest BCUT2D eigenvalue weighted by atomic mass is 32.2. The minimum absolute atomic E-state index is 0.201. The van der Waals surface area contributed by atoms with Gasteiger partial charge in [0.15, 0.2) is 9.84 Å². The molecule has 0 aromatic carbocycles. The maximum atomic E-state index is 12.1. The van der Waals surface area contributed by atoms with Crippen LogP contribution in [0, 0.1) is 5.41 Å². The lowest BCUT2D eigenvalue weighted by atomic mass is 9.84. The van der Waals surface area contributed by atoms with E-state index >= 15 is 0 Å². The first-order chi connectivity index (χ1) is 9.58. The van der Waals surface area contributed by atoms with Gasteiger partial charge in [-0.05, 0) is 25.7 Å². The molecular formula is C16H34N2O2S. The summed E-state index contributed by atoms with van der Waals surface area (Å²) < 4.78 is 24.1. The lowest BCUT2D eigenvalue weighted by Crippen LogP contribution is -2.60. The van der Waals surface area contributed by atoms with Crippen molar-refractivity contribution in [3.63, 3.8) is 0 Å². The van der Waals surface area contributed by atoms with Crippen LogP contribution >= 0.6 is 0 Å². The molecule has 1 N–H and O–H groups in total. The number of hydrogen-bond acceptors (Lipinski definition) is 4. The molecule has 21 heavy (non-hydrogen) atoms. The van der Waals surface area contributed by atoms with Crippen molar-refractivity contribution in [2.24, 2.45) is 5.41 Å². The third-order valence-electron chi connectivity index (χ3n) is 4.58. The Kier molecular flexibility index (Phi) is 6.69. The van der Waals surface area contributed by atoms with Crippen LogP contribution in [0.2, 0.25) is 0 Å². The van der Waals surface area contributed by atoms with E-state index in [1.165, 1.54) is 0 Å². The lowest BCUT2D eigenvalue weighted by Gasteiger charge is -2.45. The molecule has 0 aliphatic carbocycles. The van der Waals surface area contributed by atoms with Crippen molar-refractivity contribution in [3.8, 4) is 0 Å². The molecule has 2 unspecified atom stereocenters. The van der Waals surface area contributed by atoms with Gasteiger partial charge in [0.25, 0.3) is 0 Å². The second kappa shape index (κ2) is 7.42. The van der Waals surface area contributed by atoms with Crippen molar-refractivity contribution >= 4 is 9.84 Å². The van der Waals surface area contributed by atoms with Gasteiger partial charge >= 0.3 is 0 Å². The van der Waals surface area contributed by atoms with Crippen molar-refractivity contribution in [1.82, 2.24) is 10.2 Å². The zero-order chi connectivity index (χ0) is 16.3. The predicted molar refractivity (Wildman–Crippen MR) is 90.4 cm³/mol. The second-order valence-corrected chi connectivity index (χ2v) is 10.4. The summed E-state index contributed by atoms with van der Waals surface area (Å²) in [6.07, 6.45) is 2.27. The first-order valence-electron chi connectivity index (χ1n) is 8.27. The number of nitrogens with zero attached hydrogens (tertiary/aromatic N) is 1. The molecule has 0 radical (unpaired) electrons. The van der Waals surface area contributed by atoms with E-state index in [9.17, 15) is 8.42 Å². The maximum Gasteiger partial charge on any atom is 0.153 e. The average molecular weight is 319 g/mol. The Hall–Kier alpha value is -0.130. The molecule has 0 bridgehead atoms. The number of sulfone groups is 1. The van der Waals surface area contributed by atoms with Gasteiger partial charge in [-0.1, -0.05) is 34.1 Å². The Bertz CT molecular complexity index is 412. The molecule has 0 amide bonds. The fraction of sp³-hybridized carbons (Fsp3) is 1.00. The highest BCUT2D eigenvalue weighted by molar-refractivity contribution is 7.92. The Morgan fingerprint density at radius 3 is 2.38 bits per heavy atom. The van der Waals surface area contributed by atoms with Crippen LogP contribution in [0.25, 0.3) is 0 Å². The number of hydrogen-bond donors (Lipinski definition) is 1. The molecule has 2 atom stereocenters. The summed E-state index contributed by atoms with van der Waals surface area (Å²) in [4.78, 5) is 2.40. The summed E-state index contributed by atoms with van der Waals surface area (Å²) in [7, 11) is -2.95. The van der Waals surface area contributed by atoms with Gasteiger partial charge in [-0.3, -0.25) is 4.90 Å². The molecule has 1 fully saturated rings. The van der Waals surface area contributed by atoms with Gasteiger partial charge in [0.1, 0.15) is 0 Å². The van der Waals surface area contributed by atoms with E-state index in [-0.39, 0.29) is 16.4 Å². The molecule has 0 spiro atoms. The fourth-order valence-corrected chi connectivity index (χ4v) is 3.77.